The van der Waals surface area contributed by atoms with E-state index in [1.165, 1.54) is 0 Å². The maximum absolute atomic E-state index is 12.3. The molecule has 1 heterocycles. The van der Waals surface area contributed by atoms with Crippen molar-refractivity contribution in [3.63, 3.8) is 0 Å². The second-order valence-electron chi connectivity index (χ2n) is 4.71. The van der Waals surface area contributed by atoms with Gasteiger partial charge in [0, 0.05) is 6.04 Å². The Hall–Kier alpha value is -0.730. The van der Waals surface area contributed by atoms with E-state index >= 15 is 0 Å². The molecule has 7 heteroatoms. The summed E-state index contributed by atoms with van der Waals surface area (Å²) >= 11 is 4.49. The zero-order valence-corrected chi connectivity index (χ0v) is 14.6. The van der Waals surface area contributed by atoms with Crippen LogP contribution in [-0.4, -0.2) is 26.2 Å². The van der Waals surface area contributed by atoms with E-state index in [9.17, 15) is 13.5 Å². The fraction of sp³-hybridized carbons (Fsp3) is 0.286. The van der Waals surface area contributed by atoms with Crippen molar-refractivity contribution < 1.29 is 13.5 Å². The molecule has 1 atom stereocenters. The average molecular weight is 390 g/mol. The van der Waals surface area contributed by atoms with Gasteiger partial charge in [0.15, 0.2) is 0 Å². The highest BCUT2D eigenvalue weighted by Gasteiger charge is 2.22. The zero-order valence-electron chi connectivity index (χ0n) is 11.4. The molecule has 1 aromatic heterocycles. The van der Waals surface area contributed by atoms with Crippen LogP contribution in [0.2, 0.25) is 0 Å². The van der Waals surface area contributed by atoms with Crippen LogP contribution in [-0.2, 0) is 16.4 Å². The normalized spacial score (nSPS) is 13.3. The predicted molar refractivity (Wildman–Crippen MR) is 88.1 cm³/mol. The zero-order chi connectivity index (χ0) is 15.5. The first-order chi connectivity index (χ1) is 9.92. The summed E-state index contributed by atoms with van der Waals surface area (Å²) in [5.74, 6) is 0. The summed E-state index contributed by atoms with van der Waals surface area (Å²) in [5.41, 5.74) is 1.85. The number of nitrogens with one attached hydrogen (secondary N) is 1. The molecule has 0 saturated heterocycles. The van der Waals surface area contributed by atoms with E-state index in [-0.39, 0.29) is 10.8 Å². The number of hydrogen-bond donors (Lipinski definition) is 2. The molecule has 0 saturated carbocycles. The third-order valence-corrected chi connectivity index (χ3v) is 7.10. The molecule has 2 aromatic rings. The minimum Gasteiger partial charge on any atom is -0.395 e. The third kappa shape index (κ3) is 4.37. The summed E-state index contributed by atoms with van der Waals surface area (Å²) in [6.45, 7) is 1.59. The number of hydrogen-bond acceptors (Lipinski definition) is 4. The minimum absolute atomic E-state index is 0.249. The molecule has 0 radical (unpaired) electrons. The molecule has 1 aromatic carbocycles. The number of thiophene rings is 1. The standard InChI is InChI=1S/C14H16BrNO3S2/c1-10-7-13(20-14(10)15)21(18,19)16-12(9-17)8-11-5-3-2-4-6-11/h2-7,12,16-17H,8-9H2,1H3/t12-/m1/s1. The van der Waals surface area contributed by atoms with Gasteiger partial charge in [-0.25, -0.2) is 13.1 Å². The molecule has 0 unspecified atom stereocenters. The smallest absolute Gasteiger partial charge is 0.250 e. The van der Waals surface area contributed by atoms with Crippen molar-refractivity contribution in [2.45, 2.75) is 23.6 Å². The van der Waals surface area contributed by atoms with Gasteiger partial charge >= 0.3 is 0 Å². The fourth-order valence-corrected chi connectivity index (χ4v) is 5.35. The summed E-state index contributed by atoms with van der Waals surface area (Å²) in [4.78, 5) is 0. The Morgan fingerprint density at radius 2 is 2.00 bits per heavy atom. The van der Waals surface area contributed by atoms with Crippen molar-refractivity contribution in [3.8, 4) is 0 Å². The summed E-state index contributed by atoms with van der Waals surface area (Å²) in [7, 11) is -3.61. The van der Waals surface area contributed by atoms with E-state index in [1.807, 2.05) is 37.3 Å². The Kier molecular flexibility index (Phi) is 5.56. The van der Waals surface area contributed by atoms with E-state index in [2.05, 4.69) is 20.7 Å². The molecule has 0 fully saturated rings. The van der Waals surface area contributed by atoms with Crippen LogP contribution in [0.4, 0.5) is 0 Å². The second-order valence-corrected chi connectivity index (χ2v) is 9.02. The van der Waals surface area contributed by atoms with Gasteiger partial charge in [0.1, 0.15) is 4.21 Å². The van der Waals surface area contributed by atoms with Gasteiger partial charge in [0.05, 0.1) is 10.4 Å². The SMILES string of the molecule is Cc1cc(S(=O)(=O)N[C@@H](CO)Cc2ccccc2)sc1Br. The van der Waals surface area contributed by atoms with Gasteiger partial charge in [0.2, 0.25) is 10.0 Å². The average Bonchev–Trinajstić information content (AvgIpc) is 2.80. The molecular formula is C14H16BrNO3S2. The first-order valence-corrected chi connectivity index (χ1v) is 9.44. The Balaban J connectivity index is 2.14. The second kappa shape index (κ2) is 7.02. The molecule has 0 bridgehead atoms. The highest BCUT2D eigenvalue weighted by molar-refractivity contribution is 9.11. The minimum atomic E-state index is -3.61. The fourth-order valence-electron chi connectivity index (χ4n) is 1.88. The summed E-state index contributed by atoms with van der Waals surface area (Å²) in [6, 6.07) is 10.6. The summed E-state index contributed by atoms with van der Waals surface area (Å²) < 4.78 is 28.3. The van der Waals surface area contributed by atoms with E-state index < -0.39 is 16.1 Å². The first-order valence-electron chi connectivity index (χ1n) is 6.35. The van der Waals surface area contributed by atoms with Gasteiger partial charge in [-0.2, -0.15) is 0 Å². The predicted octanol–water partition coefficient (Wildman–Crippen LogP) is 2.70. The van der Waals surface area contributed by atoms with Crippen molar-refractivity contribution in [3.05, 3.63) is 51.3 Å². The van der Waals surface area contributed by atoms with Gasteiger partial charge in [0.25, 0.3) is 0 Å². The third-order valence-electron chi connectivity index (χ3n) is 2.97. The number of benzene rings is 1. The maximum atomic E-state index is 12.3. The molecule has 0 spiro atoms. The Labute approximate surface area is 137 Å². The van der Waals surface area contributed by atoms with Crippen LogP contribution in [0.15, 0.2) is 44.4 Å². The van der Waals surface area contributed by atoms with Crippen LogP contribution in [0.1, 0.15) is 11.1 Å². The number of aryl methyl sites for hydroxylation is 1. The van der Waals surface area contributed by atoms with Crippen LogP contribution >= 0.6 is 27.3 Å². The van der Waals surface area contributed by atoms with Crippen LogP contribution in [0.5, 0.6) is 0 Å². The first kappa shape index (κ1) is 16.6. The lowest BCUT2D eigenvalue weighted by molar-refractivity contribution is 0.256. The molecule has 4 nitrogen and oxygen atoms in total. The van der Waals surface area contributed by atoms with Crippen molar-refractivity contribution in [1.82, 2.24) is 4.72 Å². The van der Waals surface area contributed by atoms with Gasteiger partial charge in [-0.3, -0.25) is 0 Å². The lowest BCUT2D eigenvalue weighted by Gasteiger charge is -2.15. The largest absolute Gasteiger partial charge is 0.395 e. The van der Waals surface area contributed by atoms with Crippen LogP contribution in [0.3, 0.4) is 0 Å². The number of aliphatic hydroxyl groups excluding tert-OH is 1. The molecular weight excluding hydrogens is 374 g/mol. The van der Waals surface area contributed by atoms with Gasteiger partial charge in [-0.1, -0.05) is 30.3 Å². The number of rotatable bonds is 6. The van der Waals surface area contributed by atoms with Crippen molar-refractivity contribution in [1.29, 1.82) is 0 Å². The molecule has 2 N–H and O–H groups in total. The monoisotopic (exact) mass is 389 g/mol. The Bertz CT molecular complexity index is 679. The molecule has 114 valence electrons. The van der Waals surface area contributed by atoms with Crippen LogP contribution in [0.25, 0.3) is 0 Å². The quantitative estimate of drug-likeness (QED) is 0.797. The lowest BCUT2D eigenvalue weighted by Crippen LogP contribution is -2.38. The van der Waals surface area contributed by atoms with Gasteiger partial charge in [-0.05, 0) is 46.5 Å². The van der Waals surface area contributed by atoms with E-state index in [0.29, 0.717) is 6.42 Å². The van der Waals surface area contributed by atoms with Crippen LogP contribution < -0.4 is 4.72 Å². The molecule has 0 amide bonds. The van der Waals surface area contributed by atoms with E-state index in [0.717, 1.165) is 26.3 Å². The Morgan fingerprint density at radius 3 is 2.52 bits per heavy atom. The van der Waals surface area contributed by atoms with Gasteiger partial charge < -0.3 is 5.11 Å². The number of sulfonamides is 1. The van der Waals surface area contributed by atoms with Crippen molar-refractivity contribution in [2.24, 2.45) is 0 Å². The van der Waals surface area contributed by atoms with Crippen molar-refractivity contribution >= 4 is 37.3 Å². The molecule has 0 aliphatic rings. The van der Waals surface area contributed by atoms with E-state index in [1.54, 1.807) is 6.07 Å². The number of aliphatic hydroxyl groups is 1. The molecule has 0 aliphatic carbocycles. The molecule has 2 rings (SSSR count). The molecule has 0 aliphatic heterocycles. The van der Waals surface area contributed by atoms with Gasteiger partial charge in [-0.15, -0.1) is 11.3 Å². The summed E-state index contributed by atoms with van der Waals surface area (Å²) in [6.07, 6.45) is 0.447. The summed E-state index contributed by atoms with van der Waals surface area (Å²) in [5, 5.41) is 9.42. The molecule has 21 heavy (non-hydrogen) atoms. The topological polar surface area (TPSA) is 66.4 Å². The van der Waals surface area contributed by atoms with E-state index in [4.69, 9.17) is 0 Å². The maximum Gasteiger partial charge on any atom is 0.250 e. The van der Waals surface area contributed by atoms with Crippen LogP contribution in [0, 0.1) is 6.92 Å². The van der Waals surface area contributed by atoms with Crippen molar-refractivity contribution in [2.75, 3.05) is 6.61 Å². The number of halogens is 1. The Morgan fingerprint density at radius 1 is 1.33 bits per heavy atom. The highest BCUT2D eigenvalue weighted by Crippen LogP contribution is 2.30. The highest BCUT2D eigenvalue weighted by atomic mass is 79.9. The lowest BCUT2D eigenvalue weighted by atomic mass is 10.1.